The van der Waals surface area contributed by atoms with Gasteiger partial charge in [0.15, 0.2) is 5.96 Å². The molecule has 0 bridgehead atoms. The summed E-state index contributed by atoms with van der Waals surface area (Å²) in [5.74, 6) is 1.97. The molecule has 1 amide bonds. The fourth-order valence-electron chi connectivity index (χ4n) is 3.87. The van der Waals surface area contributed by atoms with Gasteiger partial charge in [-0.15, -0.1) is 0 Å². The summed E-state index contributed by atoms with van der Waals surface area (Å²) in [5, 5.41) is 17.0. The van der Waals surface area contributed by atoms with Crippen molar-refractivity contribution >= 4 is 11.9 Å². The highest BCUT2D eigenvalue weighted by atomic mass is 16.5. The van der Waals surface area contributed by atoms with E-state index in [1.165, 1.54) is 0 Å². The molecule has 1 saturated carbocycles. The van der Waals surface area contributed by atoms with Crippen LogP contribution in [0.1, 0.15) is 44.3 Å². The molecule has 0 aromatic heterocycles. The molecule has 1 aromatic carbocycles. The topological polar surface area (TPSA) is 95.4 Å². The number of benzene rings is 1. The zero-order chi connectivity index (χ0) is 22.1. The molecule has 30 heavy (non-hydrogen) atoms. The second kappa shape index (κ2) is 11.1. The van der Waals surface area contributed by atoms with Gasteiger partial charge in [-0.1, -0.05) is 12.8 Å². The van der Waals surface area contributed by atoms with Crippen molar-refractivity contribution in [3.63, 3.8) is 0 Å². The van der Waals surface area contributed by atoms with Crippen LogP contribution in [0.15, 0.2) is 23.2 Å². The quantitative estimate of drug-likeness (QED) is 0.417. The molecular weight excluding hydrogens is 384 g/mol. The van der Waals surface area contributed by atoms with Gasteiger partial charge >= 0.3 is 0 Å². The predicted molar refractivity (Wildman–Crippen MR) is 118 cm³/mol. The molecule has 0 aliphatic heterocycles. The lowest BCUT2D eigenvalue weighted by Crippen LogP contribution is -2.43. The van der Waals surface area contributed by atoms with Crippen molar-refractivity contribution in [2.75, 3.05) is 47.9 Å². The van der Waals surface area contributed by atoms with E-state index >= 15 is 0 Å². The van der Waals surface area contributed by atoms with Crippen molar-refractivity contribution in [1.82, 2.24) is 15.5 Å². The first kappa shape index (κ1) is 23.8. The number of hydrogen-bond acceptors (Lipinski definition) is 5. The summed E-state index contributed by atoms with van der Waals surface area (Å²) >= 11 is 0. The van der Waals surface area contributed by atoms with Crippen LogP contribution >= 0.6 is 0 Å². The maximum atomic E-state index is 12.8. The number of nitrogens with one attached hydrogen (secondary N) is 2. The van der Waals surface area contributed by atoms with Gasteiger partial charge in [0, 0.05) is 33.3 Å². The van der Waals surface area contributed by atoms with Gasteiger partial charge in [0.25, 0.3) is 0 Å². The monoisotopic (exact) mass is 420 g/mol. The Balaban J connectivity index is 2.09. The van der Waals surface area contributed by atoms with E-state index in [-0.39, 0.29) is 12.5 Å². The van der Waals surface area contributed by atoms with E-state index in [1.807, 2.05) is 6.92 Å². The minimum Gasteiger partial charge on any atom is -0.497 e. The van der Waals surface area contributed by atoms with Gasteiger partial charge in [-0.2, -0.15) is 0 Å². The number of aliphatic hydroxyl groups excluding tert-OH is 1. The number of hydrogen-bond donors (Lipinski definition) is 3. The van der Waals surface area contributed by atoms with Crippen molar-refractivity contribution in [3.05, 3.63) is 23.8 Å². The Kier molecular flexibility index (Phi) is 8.77. The number of carbonyl (C=O) groups excluding carboxylic acids is 1. The van der Waals surface area contributed by atoms with E-state index in [2.05, 4.69) is 10.6 Å². The highest BCUT2D eigenvalue weighted by molar-refractivity contribution is 5.84. The summed E-state index contributed by atoms with van der Waals surface area (Å²) in [6, 6.07) is 5.32. The van der Waals surface area contributed by atoms with Gasteiger partial charge in [-0.25, -0.2) is 0 Å². The van der Waals surface area contributed by atoms with E-state index in [4.69, 9.17) is 14.5 Å². The van der Waals surface area contributed by atoms with Crippen LogP contribution in [-0.2, 0) is 4.79 Å². The van der Waals surface area contributed by atoms with Gasteiger partial charge in [-0.05, 0) is 37.5 Å². The summed E-state index contributed by atoms with van der Waals surface area (Å²) in [7, 11) is 6.75. The number of amides is 1. The first-order valence-corrected chi connectivity index (χ1v) is 10.5. The third-order valence-corrected chi connectivity index (χ3v) is 5.53. The summed E-state index contributed by atoms with van der Waals surface area (Å²) in [6.45, 7) is 3.36. The molecule has 0 radical (unpaired) electrons. The molecule has 0 spiro atoms. The van der Waals surface area contributed by atoms with Crippen molar-refractivity contribution in [3.8, 4) is 11.5 Å². The van der Waals surface area contributed by atoms with Crippen LogP contribution in [0.3, 0.4) is 0 Å². The van der Waals surface area contributed by atoms with Gasteiger partial charge in [-0.3, -0.25) is 9.79 Å². The van der Waals surface area contributed by atoms with Crippen LogP contribution in [-0.4, -0.2) is 69.8 Å². The van der Waals surface area contributed by atoms with E-state index in [0.29, 0.717) is 36.1 Å². The molecule has 0 heterocycles. The van der Waals surface area contributed by atoms with Crippen molar-refractivity contribution in [2.45, 2.75) is 38.7 Å². The second-order valence-corrected chi connectivity index (χ2v) is 7.92. The standard InChI is InChI=1S/C22H36N4O4/c1-6-23-21(25-15-22(9-7-8-10-22)20(28)26(2)3)24-14-19(27)16-11-17(29-4)13-18(12-16)30-5/h11-13,19,27H,6-10,14-15H2,1-5H3,(H2,23,24,25). The van der Waals surface area contributed by atoms with Crippen molar-refractivity contribution < 1.29 is 19.4 Å². The summed E-state index contributed by atoms with van der Waals surface area (Å²) < 4.78 is 10.6. The number of aliphatic hydroxyl groups is 1. The first-order chi connectivity index (χ1) is 14.3. The van der Waals surface area contributed by atoms with Gasteiger partial charge in [0.05, 0.1) is 32.3 Å². The normalized spacial score (nSPS) is 16.7. The molecule has 2 rings (SSSR count). The Labute approximate surface area is 179 Å². The minimum absolute atomic E-state index is 0.142. The lowest BCUT2D eigenvalue weighted by molar-refractivity contribution is -0.138. The molecule has 3 N–H and O–H groups in total. The molecule has 1 aliphatic rings. The smallest absolute Gasteiger partial charge is 0.230 e. The molecule has 1 fully saturated rings. The Bertz CT molecular complexity index is 708. The fourth-order valence-corrected chi connectivity index (χ4v) is 3.87. The average molecular weight is 421 g/mol. The lowest BCUT2D eigenvalue weighted by atomic mass is 9.85. The number of carbonyl (C=O) groups is 1. The highest BCUT2D eigenvalue weighted by Crippen LogP contribution is 2.39. The molecule has 1 unspecified atom stereocenters. The van der Waals surface area contributed by atoms with Gasteiger partial charge < -0.3 is 30.1 Å². The third-order valence-electron chi connectivity index (χ3n) is 5.53. The SMILES string of the molecule is CCNC(=NCC1(C(=O)N(C)C)CCCC1)NCC(O)c1cc(OC)cc(OC)c1. The van der Waals surface area contributed by atoms with Crippen molar-refractivity contribution in [2.24, 2.45) is 10.4 Å². The molecule has 0 saturated heterocycles. The fraction of sp³-hybridized carbons (Fsp3) is 0.636. The third kappa shape index (κ3) is 6.01. The van der Waals surface area contributed by atoms with Gasteiger partial charge in [0.2, 0.25) is 5.91 Å². The molecule has 1 aromatic rings. The first-order valence-electron chi connectivity index (χ1n) is 10.5. The maximum Gasteiger partial charge on any atom is 0.230 e. The Morgan fingerprint density at radius 1 is 1.17 bits per heavy atom. The summed E-state index contributed by atoms with van der Waals surface area (Å²) in [5.41, 5.74) is 0.259. The van der Waals surface area contributed by atoms with E-state index in [0.717, 1.165) is 25.7 Å². The molecule has 8 nitrogen and oxygen atoms in total. The van der Waals surface area contributed by atoms with Crippen LogP contribution in [0.5, 0.6) is 11.5 Å². The average Bonchev–Trinajstić information content (AvgIpc) is 3.24. The number of methoxy groups -OCH3 is 2. The van der Waals surface area contributed by atoms with E-state index in [9.17, 15) is 9.90 Å². The Morgan fingerprint density at radius 3 is 2.27 bits per heavy atom. The molecular formula is C22H36N4O4. The van der Waals surface area contributed by atoms with E-state index < -0.39 is 11.5 Å². The zero-order valence-electron chi connectivity index (χ0n) is 18.8. The maximum absolute atomic E-state index is 12.8. The Hall–Kier alpha value is -2.48. The molecule has 168 valence electrons. The minimum atomic E-state index is -0.776. The number of nitrogens with zero attached hydrogens (tertiary/aromatic N) is 2. The Morgan fingerprint density at radius 2 is 1.77 bits per heavy atom. The largest absolute Gasteiger partial charge is 0.497 e. The predicted octanol–water partition coefficient (Wildman–Crippen LogP) is 1.94. The van der Waals surface area contributed by atoms with Crippen LogP contribution in [0.25, 0.3) is 0 Å². The van der Waals surface area contributed by atoms with Crippen LogP contribution in [0.2, 0.25) is 0 Å². The number of guanidine groups is 1. The zero-order valence-corrected chi connectivity index (χ0v) is 18.8. The van der Waals surface area contributed by atoms with Crippen LogP contribution < -0.4 is 20.1 Å². The highest BCUT2D eigenvalue weighted by Gasteiger charge is 2.42. The van der Waals surface area contributed by atoms with Crippen LogP contribution in [0.4, 0.5) is 0 Å². The second-order valence-electron chi connectivity index (χ2n) is 7.92. The molecule has 8 heteroatoms. The molecule has 1 aliphatic carbocycles. The number of ether oxygens (including phenoxy) is 2. The molecule has 1 atom stereocenters. The summed E-state index contributed by atoms with van der Waals surface area (Å²) in [6.07, 6.45) is 3.05. The van der Waals surface area contributed by atoms with Crippen molar-refractivity contribution in [1.29, 1.82) is 0 Å². The summed E-state index contributed by atoms with van der Waals surface area (Å²) in [4.78, 5) is 19.1. The van der Waals surface area contributed by atoms with Gasteiger partial charge in [0.1, 0.15) is 11.5 Å². The number of aliphatic imine (C=N–C) groups is 1. The van der Waals surface area contributed by atoms with Crippen LogP contribution in [0, 0.1) is 5.41 Å². The lowest BCUT2D eigenvalue weighted by Gasteiger charge is -2.29. The number of rotatable bonds is 9. The van der Waals surface area contributed by atoms with E-state index in [1.54, 1.807) is 51.4 Å².